The molecule has 4 atom stereocenters. The summed E-state index contributed by atoms with van der Waals surface area (Å²) >= 11 is 5.06. The second-order valence-electron chi connectivity index (χ2n) is 28.7. The lowest BCUT2D eigenvalue weighted by molar-refractivity contribution is -0.148. The van der Waals surface area contributed by atoms with Crippen LogP contribution >= 0.6 is 59.2 Å². The molecule has 30 nitrogen and oxygen atoms in total. The number of hydrogen-bond donors (Lipinski definition) is 4. The zero-order valence-electron chi connectivity index (χ0n) is 69.7. The molecule has 0 saturated carbocycles. The molecule has 3 aliphatic heterocycles. The van der Waals surface area contributed by atoms with Gasteiger partial charge in [-0.05, 0) is 180 Å². The number of carboxylic acids is 1. The first kappa shape index (κ1) is 92.7. The lowest BCUT2D eigenvalue weighted by Gasteiger charge is -2.23. The van der Waals surface area contributed by atoms with Gasteiger partial charge in [0.1, 0.15) is 58.9 Å². The van der Waals surface area contributed by atoms with Gasteiger partial charge in [0.2, 0.25) is 42.1 Å². The molecule has 0 radical (unpaired) electrons. The molecule has 3 aliphatic rings. The molecule has 3 unspecified atom stereocenters. The van der Waals surface area contributed by atoms with E-state index in [1.807, 2.05) is 176 Å². The Kier molecular flexibility index (Phi) is 29.6. The second kappa shape index (κ2) is 42.2. The summed E-state index contributed by atoms with van der Waals surface area (Å²) in [6.45, 7) is 7.91. The van der Waals surface area contributed by atoms with Crippen LogP contribution in [0.5, 0.6) is 28.7 Å². The summed E-state index contributed by atoms with van der Waals surface area (Å²) in [5.74, 6) is -0.643. The minimum Gasteiger partial charge on any atom is -0.508 e. The lowest BCUT2D eigenvalue weighted by atomic mass is 10.1. The number of carbonyl (C=O) groups excluding carboxylic acids is 3. The number of benzene rings is 11. The van der Waals surface area contributed by atoms with Gasteiger partial charge in [-0.15, -0.1) is 23.1 Å². The number of para-hydroxylation sites is 2. The number of nitrogens with one attached hydrogen (secondary N) is 1. The predicted molar refractivity (Wildman–Crippen MR) is 505 cm³/mol. The van der Waals surface area contributed by atoms with Gasteiger partial charge in [0.25, 0.3) is 0 Å². The van der Waals surface area contributed by atoms with Gasteiger partial charge in [0.15, 0.2) is 11.5 Å². The number of ether oxygens (including phenoxy) is 6. The smallest absolute Gasteiger partial charge is 0.408 e. The molecule has 0 bridgehead atoms. The van der Waals surface area contributed by atoms with Crippen LogP contribution in [0.1, 0.15) is 59.8 Å². The number of esters is 2. The van der Waals surface area contributed by atoms with Crippen molar-refractivity contribution < 1.29 is 89.4 Å². The number of aliphatic imine (C=N–C) groups is 1. The summed E-state index contributed by atoms with van der Waals surface area (Å²) in [4.78, 5) is 134. The second-order valence-corrected chi connectivity index (χ2v) is 31.9. The van der Waals surface area contributed by atoms with Crippen LogP contribution in [0.2, 0.25) is 0 Å². The first-order chi connectivity index (χ1) is 63.4. The quantitative estimate of drug-likeness (QED) is 0.0320. The first-order valence-corrected chi connectivity index (χ1v) is 42.9. The molecule has 6 aromatic heterocycles. The molecule has 35 heteroatoms. The van der Waals surface area contributed by atoms with Crippen molar-refractivity contribution in [2.75, 3.05) is 13.4 Å². The normalized spacial score (nSPS) is 13.5. The van der Waals surface area contributed by atoms with E-state index >= 15 is 0 Å². The molecule has 20 rings (SSSR count). The van der Waals surface area contributed by atoms with Gasteiger partial charge >= 0.3 is 52.1 Å². The number of phenols is 2. The monoisotopic (exact) mass is 1950 g/mol. The third-order valence-corrected chi connectivity index (χ3v) is 22.7. The Hall–Kier alpha value is -15.5. The van der Waals surface area contributed by atoms with Crippen LogP contribution in [-0.4, -0.2) is 94.8 Å². The van der Waals surface area contributed by atoms with Gasteiger partial charge in [-0.25, -0.2) is 67.9 Å². The third kappa shape index (κ3) is 21.9. The summed E-state index contributed by atoms with van der Waals surface area (Å²) in [6, 6.07) is 68.4. The average Bonchev–Trinajstić information content (AvgIpc) is 1.40. The maximum absolute atomic E-state index is 13.7. The molecule has 0 spiro atoms. The standard InChI is InChI=1S/C18H15FN2O4.C18H10INO2.C18H15NO5.C16H15NO4S.C14H9NO4.C13H7NO4S.H2S/c1-11(20-18(23)24-10-12-6-3-2-4-7-12)16-21-14-9-5-8-13(19)15(14)17(22)25-16;19-15-8-4-3-7-13(15)17-20-16-10-12-6-2-1-5-11(12)9-14(16)18(21)22-17;1-3-23-15-10(2)5-4-6-12(15)16-19-14-8-7-11(17(20)21)9-13(14)18(22)24-16;1-10(15(18)20-9-11-5-3-2-4-6-11)14-17-12-7-8-22-13(12)16(19)21-14;16-8-5-6-9-11(7-8)15-13(19-14(9)18)10-3-1-2-4-12(10)17;15-13-7-4-9-10(17-6-16-9)5-8(7)14-12(18-13)11-2-1-3-19-11;/h2-9,11H,10H2,1H3,(H,20,23);1-10H;4-9H,3H2,1-2H3,(H,20,21);2-8,10,12-13H,9H2,1H3;1-7,16-17H;1-5H,6H2;1H2/t11-;;;;;;/m0....../s1. The summed E-state index contributed by atoms with van der Waals surface area (Å²) in [5, 5.41) is 37.3. The van der Waals surface area contributed by atoms with Crippen LogP contribution in [0.3, 0.4) is 0 Å². The van der Waals surface area contributed by atoms with Crippen molar-refractivity contribution in [2.45, 2.75) is 58.2 Å². The highest BCUT2D eigenvalue weighted by molar-refractivity contribution is 14.1. The van der Waals surface area contributed by atoms with Crippen LogP contribution in [0.25, 0.3) is 110 Å². The zero-order chi connectivity index (χ0) is 91.9. The molecule has 0 fully saturated rings. The molecule has 132 heavy (non-hydrogen) atoms. The Bertz CT molecular complexity index is 7610. The minimum absolute atomic E-state index is 0. The van der Waals surface area contributed by atoms with Gasteiger partial charge in [-0.1, -0.05) is 140 Å². The van der Waals surface area contributed by atoms with Gasteiger partial charge in [-0.2, -0.15) is 13.5 Å². The number of halogens is 2. The Labute approximate surface area is 774 Å². The number of cyclic esters (lactones) is 1. The van der Waals surface area contributed by atoms with Crippen molar-refractivity contribution in [3.63, 3.8) is 0 Å². The zero-order valence-corrected chi connectivity index (χ0v) is 74.5. The number of phenolic OH excluding ortho intramolecular Hbond substituents is 2. The van der Waals surface area contributed by atoms with Crippen molar-refractivity contribution in [1.82, 2.24) is 30.2 Å². The summed E-state index contributed by atoms with van der Waals surface area (Å²) in [7, 11) is 0. The van der Waals surface area contributed by atoms with Crippen molar-refractivity contribution in [2.24, 2.45) is 10.9 Å². The lowest BCUT2D eigenvalue weighted by Crippen LogP contribution is -2.39. The van der Waals surface area contributed by atoms with Gasteiger partial charge < -0.3 is 71.1 Å². The number of fused-ring (bicyclic) bond motifs is 8. The van der Waals surface area contributed by atoms with Crippen LogP contribution in [-0.2, 0) is 37.0 Å². The van der Waals surface area contributed by atoms with Crippen molar-refractivity contribution in [3.05, 3.63) is 349 Å². The van der Waals surface area contributed by atoms with E-state index in [1.54, 1.807) is 50.2 Å². The van der Waals surface area contributed by atoms with E-state index in [4.69, 9.17) is 55.6 Å². The van der Waals surface area contributed by atoms with E-state index in [0.29, 0.717) is 79.6 Å². The fourth-order valence-electron chi connectivity index (χ4n) is 13.3. The van der Waals surface area contributed by atoms with E-state index in [9.17, 15) is 57.8 Å². The summed E-state index contributed by atoms with van der Waals surface area (Å²) in [6.07, 6.45) is 1.16. The third-order valence-electron chi connectivity index (χ3n) is 19.8. The number of aromatic nitrogens is 5. The number of carboxylic acid groups (broad SMARTS) is 1. The Balaban J connectivity index is 0.000000128. The molecule has 666 valence electrons. The number of thiophene rings is 1. The first-order valence-electron chi connectivity index (χ1n) is 40.0. The minimum atomic E-state index is -1.11. The molecule has 9 heterocycles. The molecule has 1 amide bonds. The molecule has 0 saturated heterocycles. The Morgan fingerprint density at radius 3 is 1.81 bits per heavy atom. The fraction of sp³-hybridized carbons (Fsp3) is 0.124. The SMILES string of the molecule is CC(C(=O)OCc1ccccc1)C1=NC2C=CSC2C(=O)O1.CCOc1c(C)cccc1-c1nc2ccc(C(=O)O)cc2c(=O)o1.C[C@H](NC(=O)OCc1ccccc1)c1nc2cccc(F)c2c(=O)o1.O=c1oc(-c2ccccc2I)nc2cc3ccccc3cc12.O=c1oc(-c2ccccc2O)nc2cc(O)ccc12.O=c1oc(-c2cccs2)nc2cc3c(cc12)OCO3.S. The molecule has 4 N–H and O–H groups in total. The number of alkyl carbamates (subject to hydrolysis) is 1. The van der Waals surface area contributed by atoms with E-state index in [1.165, 1.54) is 77.7 Å². The fourth-order valence-corrected chi connectivity index (χ4v) is 15.4. The van der Waals surface area contributed by atoms with Crippen LogP contribution in [0.4, 0.5) is 9.18 Å². The van der Waals surface area contributed by atoms with E-state index in [-0.39, 0.29) is 119 Å². The number of aromatic hydroxyl groups is 2. The van der Waals surface area contributed by atoms with Crippen molar-refractivity contribution in [3.8, 4) is 73.9 Å². The summed E-state index contributed by atoms with van der Waals surface area (Å²) in [5.41, 5.74) is 3.62. The largest absolute Gasteiger partial charge is 0.508 e. The topological polar surface area (TPSA) is 424 Å². The van der Waals surface area contributed by atoms with E-state index in [0.717, 1.165) is 47.5 Å². The van der Waals surface area contributed by atoms with Crippen molar-refractivity contribution in [1.29, 1.82) is 0 Å². The number of aryl methyl sites for hydroxylation is 1. The molecule has 11 aromatic carbocycles. The highest BCUT2D eigenvalue weighted by Gasteiger charge is 2.40. The van der Waals surface area contributed by atoms with Crippen LogP contribution < -0.4 is 47.7 Å². The van der Waals surface area contributed by atoms with Crippen LogP contribution in [0, 0.1) is 22.2 Å². The van der Waals surface area contributed by atoms with E-state index < -0.39 is 58.3 Å². The van der Waals surface area contributed by atoms with Gasteiger partial charge in [0, 0.05) is 21.8 Å². The average molecular weight is 1950 g/mol. The number of hydrogen-bond acceptors (Lipinski definition) is 30. The maximum atomic E-state index is 13.7. The molecule has 0 aliphatic carbocycles. The highest BCUT2D eigenvalue weighted by Crippen LogP contribution is 2.38. The molecular weight excluding hydrogens is 1870 g/mol. The molecule has 17 aromatic rings. The number of rotatable bonds is 15. The number of carbonyl (C=O) groups is 4. The predicted octanol–water partition coefficient (Wildman–Crippen LogP) is 18.5. The number of amides is 1. The van der Waals surface area contributed by atoms with E-state index in [2.05, 4.69) is 57.8 Å². The number of thioether (sulfide) groups is 1. The number of aromatic carboxylic acids is 1. The van der Waals surface area contributed by atoms with Gasteiger partial charge in [0.05, 0.1) is 88.9 Å². The highest BCUT2D eigenvalue weighted by atomic mass is 127. The Morgan fingerprint density at radius 1 is 0.553 bits per heavy atom. The Morgan fingerprint density at radius 2 is 1.13 bits per heavy atom. The van der Waals surface area contributed by atoms with Crippen molar-refractivity contribution >= 4 is 154 Å². The summed E-state index contributed by atoms with van der Waals surface area (Å²) < 4.78 is 72.5. The number of nitrogens with zero attached hydrogens (tertiary/aromatic N) is 6. The van der Waals surface area contributed by atoms with Crippen LogP contribution in [0.15, 0.2) is 311 Å². The molecular formula is C97H73FIN7O23S3. The maximum Gasteiger partial charge on any atom is 0.408 e. The van der Waals surface area contributed by atoms with Gasteiger partial charge in [-0.3, -0.25) is 9.59 Å².